The molecule has 1 aromatic carbocycles. The molecule has 0 fully saturated rings. The molecule has 7 heteroatoms. The number of benzene rings is 1. The van der Waals surface area contributed by atoms with E-state index in [1.807, 2.05) is 0 Å². The zero-order chi connectivity index (χ0) is 8.55. The van der Waals surface area contributed by atoms with Crippen LogP contribution in [-0.4, -0.2) is 21.4 Å². The SMILES string of the molecule is O=C([O-])c1cccc2n[nH]nc12.[Ag].[K+]. The second kappa shape index (κ2) is 6.14. The Balaban J connectivity index is 0.000000845. The molecule has 0 amide bonds. The topological polar surface area (TPSA) is 81.7 Å². The maximum atomic E-state index is 10.5. The summed E-state index contributed by atoms with van der Waals surface area (Å²) in [7, 11) is 0. The number of aromatic nitrogens is 3. The number of nitrogens with zero attached hydrogens (tertiary/aromatic N) is 2. The van der Waals surface area contributed by atoms with Gasteiger partial charge < -0.3 is 9.90 Å². The number of aromatic amines is 1. The number of hydrogen-bond donors (Lipinski definition) is 1. The first-order valence-electron chi connectivity index (χ1n) is 3.30. The summed E-state index contributed by atoms with van der Waals surface area (Å²) in [5, 5.41) is 20.3. The van der Waals surface area contributed by atoms with Gasteiger partial charge in [0.05, 0.1) is 5.97 Å². The number of carboxylic acid groups (broad SMARTS) is 1. The molecular formula is C7H4AgKN3O2. The van der Waals surface area contributed by atoms with E-state index >= 15 is 0 Å². The molecule has 71 valence electrons. The zero-order valence-electron chi connectivity index (χ0n) is 7.24. The van der Waals surface area contributed by atoms with Gasteiger partial charge in [-0.25, -0.2) is 0 Å². The largest absolute Gasteiger partial charge is 1.00 e. The number of aromatic carboxylic acids is 1. The van der Waals surface area contributed by atoms with Crippen LogP contribution in [0.2, 0.25) is 0 Å². The maximum Gasteiger partial charge on any atom is 1.00 e. The molecule has 14 heavy (non-hydrogen) atoms. The molecule has 0 bridgehead atoms. The van der Waals surface area contributed by atoms with Gasteiger partial charge in [-0.3, -0.25) is 0 Å². The van der Waals surface area contributed by atoms with Crippen LogP contribution in [0.25, 0.3) is 11.0 Å². The fraction of sp³-hybridized carbons (Fsp3) is 0. The average Bonchev–Trinajstić information content (AvgIpc) is 2.49. The van der Waals surface area contributed by atoms with Gasteiger partial charge in [0, 0.05) is 27.9 Å². The first kappa shape index (κ1) is 14.5. The van der Waals surface area contributed by atoms with E-state index in [-0.39, 0.29) is 79.3 Å². The average molecular weight is 309 g/mol. The van der Waals surface area contributed by atoms with E-state index in [0.29, 0.717) is 11.0 Å². The Kier molecular flexibility index (Phi) is 6.34. The molecule has 0 unspecified atom stereocenters. The van der Waals surface area contributed by atoms with E-state index < -0.39 is 5.97 Å². The maximum absolute atomic E-state index is 10.5. The van der Waals surface area contributed by atoms with Gasteiger partial charge in [-0.2, -0.15) is 15.4 Å². The molecule has 0 spiro atoms. The van der Waals surface area contributed by atoms with Crippen LogP contribution in [0.4, 0.5) is 0 Å². The van der Waals surface area contributed by atoms with Crippen molar-refractivity contribution in [3.05, 3.63) is 23.8 Å². The van der Waals surface area contributed by atoms with Crippen molar-refractivity contribution in [3.63, 3.8) is 0 Å². The van der Waals surface area contributed by atoms with Crippen molar-refractivity contribution in [3.8, 4) is 0 Å². The van der Waals surface area contributed by atoms with E-state index in [4.69, 9.17) is 0 Å². The third-order valence-corrected chi connectivity index (χ3v) is 1.57. The fourth-order valence-electron chi connectivity index (χ4n) is 1.03. The summed E-state index contributed by atoms with van der Waals surface area (Å²) in [6.07, 6.45) is 0. The Labute approximate surface area is 138 Å². The van der Waals surface area contributed by atoms with E-state index in [0.717, 1.165) is 0 Å². The minimum absolute atomic E-state index is 0. The number of H-pyrrole nitrogens is 1. The van der Waals surface area contributed by atoms with Gasteiger partial charge in [0.15, 0.2) is 0 Å². The van der Waals surface area contributed by atoms with E-state index in [9.17, 15) is 9.90 Å². The van der Waals surface area contributed by atoms with Gasteiger partial charge in [0.1, 0.15) is 11.0 Å². The monoisotopic (exact) mass is 308 g/mol. The minimum Gasteiger partial charge on any atom is -0.545 e. The second-order valence-electron chi connectivity index (χ2n) is 2.28. The first-order chi connectivity index (χ1) is 5.79. The molecule has 0 saturated carbocycles. The van der Waals surface area contributed by atoms with Crippen molar-refractivity contribution in [2.24, 2.45) is 0 Å². The fourth-order valence-corrected chi connectivity index (χ4v) is 1.03. The molecule has 0 atom stereocenters. The molecule has 0 aliphatic rings. The van der Waals surface area contributed by atoms with Crippen molar-refractivity contribution in [2.45, 2.75) is 0 Å². The number of para-hydroxylation sites is 1. The number of fused-ring (bicyclic) bond motifs is 1. The van der Waals surface area contributed by atoms with Gasteiger partial charge in [0.2, 0.25) is 0 Å². The number of carbonyl (C=O) groups excluding carboxylic acids is 1. The summed E-state index contributed by atoms with van der Waals surface area (Å²) in [4.78, 5) is 10.5. The van der Waals surface area contributed by atoms with Crippen LogP contribution in [-0.2, 0) is 22.4 Å². The molecule has 1 heterocycles. The quantitative estimate of drug-likeness (QED) is 0.550. The van der Waals surface area contributed by atoms with Crippen molar-refractivity contribution >= 4 is 17.0 Å². The molecule has 0 aliphatic carbocycles. The zero-order valence-corrected chi connectivity index (χ0v) is 11.8. The third-order valence-electron chi connectivity index (χ3n) is 1.57. The van der Waals surface area contributed by atoms with E-state index in [1.165, 1.54) is 6.07 Å². The number of hydrogen-bond acceptors (Lipinski definition) is 4. The summed E-state index contributed by atoms with van der Waals surface area (Å²) < 4.78 is 0. The predicted molar refractivity (Wildman–Crippen MR) is 38.2 cm³/mol. The van der Waals surface area contributed by atoms with Crippen LogP contribution in [0.15, 0.2) is 18.2 Å². The number of carbonyl (C=O) groups is 1. The predicted octanol–water partition coefficient (Wildman–Crippen LogP) is -3.68. The standard InChI is InChI=1S/C7H5N3O2.Ag.K/c11-7(12)4-2-1-3-5-6(4)9-10-8-5;;/h1-3H,(H,11,12)(H,8,9,10);;/q;;+1/p-1. The van der Waals surface area contributed by atoms with Crippen molar-refractivity contribution in [1.29, 1.82) is 0 Å². The van der Waals surface area contributed by atoms with Crippen LogP contribution in [0.1, 0.15) is 10.4 Å². The van der Waals surface area contributed by atoms with Crippen molar-refractivity contribution in [1.82, 2.24) is 15.4 Å². The molecule has 0 aliphatic heterocycles. The minimum atomic E-state index is -1.24. The molecule has 1 radical (unpaired) electrons. The van der Waals surface area contributed by atoms with Crippen LogP contribution < -0.4 is 56.5 Å². The Morgan fingerprint density at radius 2 is 2.07 bits per heavy atom. The molecule has 2 aromatic rings. The Bertz CT molecular complexity index is 445. The number of nitrogens with one attached hydrogen (secondary N) is 1. The van der Waals surface area contributed by atoms with Gasteiger partial charge in [0.25, 0.3) is 0 Å². The summed E-state index contributed by atoms with van der Waals surface area (Å²) in [5.41, 5.74) is 0.912. The molecule has 1 aromatic heterocycles. The van der Waals surface area contributed by atoms with Crippen molar-refractivity contribution in [2.75, 3.05) is 0 Å². The van der Waals surface area contributed by atoms with E-state index in [2.05, 4.69) is 15.4 Å². The van der Waals surface area contributed by atoms with Crippen LogP contribution >= 0.6 is 0 Å². The Hall–Kier alpha value is 0.467. The Morgan fingerprint density at radius 1 is 1.36 bits per heavy atom. The number of rotatable bonds is 1. The smallest absolute Gasteiger partial charge is 0.545 e. The summed E-state index contributed by atoms with van der Waals surface area (Å²) in [5.74, 6) is -1.24. The second-order valence-corrected chi connectivity index (χ2v) is 2.28. The van der Waals surface area contributed by atoms with Crippen LogP contribution in [0.3, 0.4) is 0 Å². The summed E-state index contributed by atoms with van der Waals surface area (Å²) in [6.45, 7) is 0. The normalized spacial score (nSPS) is 8.86. The van der Waals surface area contributed by atoms with Gasteiger partial charge >= 0.3 is 51.4 Å². The van der Waals surface area contributed by atoms with Gasteiger partial charge in [-0.15, -0.1) is 0 Å². The molecule has 0 saturated heterocycles. The number of carboxylic acids is 1. The van der Waals surface area contributed by atoms with E-state index in [1.54, 1.807) is 12.1 Å². The molecule has 5 nitrogen and oxygen atoms in total. The van der Waals surface area contributed by atoms with Crippen molar-refractivity contribution < 1.29 is 83.7 Å². The summed E-state index contributed by atoms with van der Waals surface area (Å²) in [6, 6.07) is 4.70. The van der Waals surface area contributed by atoms with Crippen LogP contribution in [0.5, 0.6) is 0 Å². The van der Waals surface area contributed by atoms with Gasteiger partial charge in [-0.05, 0) is 6.07 Å². The van der Waals surface area contributed by atoms with Gasteiger partial charge in [-0.1, -0.05) is 12.1 Å². The molecular weight excluding hydrogens is 305 g/mol. The molecule has 2 rings (SSSR count). The first-order valence-corrected chi connectivity index (χ1v) is 3.30. The van der Waals surface area contributed by atoms with Crippen LogP contribution in [0, 0.1) is 0 Å². The molecule has 1 N–H and O–H groups in total. The Morgan fingerprint density at radius 3 is 2.71 bits per heavy atom. The summed E-state index contributed by atoms with van der Waals surface area (Å²) >= 11 is 0. The third kappa shape index (κ3) is 2.74.